The summed E-state index contributed by atoms with van der Waals surface area (Å²) in [6, 6.07) is 1.69. The smallest absolute Gasteiger partial charge is 0.266 e. The summed E-state index contributed by atoms with van der Waals surface area (Å²) < 4.78 is 1.58. The van der Waals surface area contributed by atoms with Gasteiger partial charge in [-0.2, -0.15) is 0 Å². The Kier molecular flexibility index (Phi) is 1.77. The predicted molar refractivity (Wildman–Crippen MR) is 46.1 cm³/mol. The number of hydrogen-bond acceptors (Lipinski definition) is 2. The number of aromatic nitrogens is 2. The van der Waals surface area contributed by atoms with Gasteiger partial charge in [0.25, 0.3) is 5.56 Å². The quantitative estimate of drug-likeness (QED) is 0.666. The van der Waals surface area contributed by atoms with Gasteiger partial charge in [0.1, 0.15) is 0 Å². The van der Waals surface area contributed by atoms with Crippen LogP contribution >= 0.6 is 0 Å². The predicted octanol–water partition coefficient (Wildman–Crippen LogP) is 0.0125. The highest BCUT2D eigenvalue weighted by Gasteiger charge is 2.25. The molecule has 0 bridgehead atoms. The maximum absolute atomic E-state index is 11.2. The molecule has 0 atom stereocenters. The van der Waals surface area contributed by atoms with Crippen molar-refractivity contribution < 1.29 is 0 Å². The first-order chi connectivity index (χ1) is 5.81. The number of aromatic amines is 1. The van der Waals surface area contributed by atoms with E-state index in [-0.39, 0.29) is 5.56 Å². The molecule has 1 saturated carbocycles. The Bertz CT molecular complexity index is 321. The minimum absolute atomic E-state index is 0.0438. The Morgan fingerprint density at radius 2 is 2.42 bits per heavy atom. The maximum Gasteiger partial charge on any atom is 0.266 e. The van der Waals surface area contributed by atoms with Crippen molar-refractivity contribution in [2.45, 2.75) is 25.3 Å². The van der Waals surface area contributed by atoms with Crippen LogP contribution in [0.25, 0.3) is 0 Å². The molecule has 1 aromatic heterocycles. The van der Waals surface area contributed by atoms with E-state index in [0.717, 1.165) is 5.69 Å². The topological polar surface area (TPSA) is 63.8 Å². The maximum atomic E-state index is 11.2. The fraction of sp³-hybridized carbons (Fsp3) is 0.625. The molecule has 0 aromatic carbocycles. The Morgan fingerprint density at radius 1 is 1.67 bits per heavy atom. The largest absolute Gasteiger partial charge is 0.329 e. The van der Waals surface area contributed by atoms with E-state index in [1.807, 2.05) is 0 Å². The molecule has 1 aromatic rings. The zero-order valence-corrected chi connectivity index (χ0v) is 6.92. The van der Waals surface area contributed by atoms with Gasteiger partial charge < -0.3 is 5.73 Å². The average Bonchev–Trinajstić information content (AvgIpc) is 2.80. The Morgan fingerprint density at radius 3 is 3.00 bits per heavy atom. The summed E-state index contributed by atoms with van der Waals surface area (Å²) in [6.07, 6.45) is 2.42. The normalized spacial score (nSPS) is 16.8. The highest BCUT2D eigenvalue weighted by Crippen LogP contribution is 2.38. The lowest BCUT2D eigenvalue weighted by molar-refractivity contribution is 0.598. The Balaban J connectivity index is 2.24. The van der Waals surface area contributed by atoms with Crippen LogP contribution in [0.15, 0.2) is 10.9 Å². The van der Waals surface area contributed by atoms with E-state index in [1.165, 1.54) is 12.8 Å². The summed E-state index contributed by atoms with van der Waals surface area (Å²) in [4.78, 5) is 11.2. The molecule has 1 fully saturated rings. The molecule has 3 N–H and O–H groups in total. The third-order valence-corrected chi connectivity index (χ3v) is 2.18. The first-order valence-electron chi connectivity index (χ1n) is 4.31. The fourth-order valence-corrected chi connectivity index (χ4v) is 1.35. The molecule has 0 amide bonds. The van der Waals surface area contributed by atoms with E-state index < -0.39 is 0 Å². The molecule has 1 heterocycles. The van der Waals surface area contributed by atoms with Crippen molar-refractivity contribution in [2.75, 3.05) is 6.54 Å². The van der Waals surface area contributed by atoms with Crippen molar-refractivity contribution in [2.24, 2.45) is 5.73 Å². The van der Waals surface area contributed by atoms with Crippen molar-refractivity contribution in [3.63, 3.8) is 0 Å². The van der Waals surface area contributed by atoms with E-state index in [4.69, 9.17) is 5.73 Å². The molecule has 0 radical (unpaired) electrons. The van der Waals surface area contributed by atoms with Crippen molar-refractivity contribution in [1.29, 1.82) is 0 Å². The van der Waals surface area contributed by atoms with Crippen molar-refractivity contribution >= 4 is 0 Å². The summed E-state index contributed by atoms with van der Waals surface area (Å²) in [7, 11) is 0. The van der Waals surface area contributed by atoms with Gasteiger partial charge in [-0.25, -0.2) is 0 Å². The highest BCUT2D eigenvalue weighted by molar-refractivity contribution is 5.12. The van der Waals surface area contributed by atoms with Gasteiger partial charge in [-0.1, -0.05) is 0 Å². The van der Waals surface area contributed by atoms with Gasteiger partial charge in [-0.3, -0.25) is 14.6 Å². The summed E-state index contributed by atoms with van der Waals surface area (Å²) in [6.45, 7) is 1.09. The third-order valence-electron chi connectivity index (χ3n) is 2.18. The molecule has 2 rings (SSSR count). The zero-order valence-electron chi connectivity index (χ0n) is 6.92. The van der Waals surface area contributed by atoms with Crippen molar-refractivity contribution in [3.05, 3.63) is 22.1 Å². The zero-order chi connectivity index (χ0) is 8.55. The van der Waals surface area contributed by atoms with Crippen molar-refractivity contribution in [3.8, 4) is 0 Å². The molecule has 0 unspecified atom stereocenters. The molecule has 0 aliphatic heterocycles. The Hall–Kier alpha value is -1.03. The summed E-state index contributed by atoms with van der Waals surface area (Å²) in [5, 5.41) is 3.07. The van der Waals surface area contributed by atoms with E-state index >= 15 is 0 Å². The standard InChI is InChI=1S/C8H13N3O/c9-3-4-11-8(12)5-7(10-11)6-1-2-6/h5-6,10H,1-4,9H2. The highest BCUT2D eigenvalue weighted by atomic mass is 16.1. The number of nitrogens with two attached hydrogens (primary N) is 1. The second-order valence-electron chi connectivity index (χ2n) is 3.26. The average molecular weight is 167 g/mol. The third kappa shape index (κ3) is 1.30. The summed E-state index contributed by atoms with van der Waals surface area (Å²) in [5.41, 5.74) is 6.47. The molecular weight excluding hydrogens is 154 g/mol. The molecule has 0 saturated heterocycles. The van der Waals surface area contributed by atoms with Crippen LogP contribution in [0.2, 0.25) is 0 Å². The SMILES string of the molecule is NCCn1[nH]c(C2CC2)cc1=O. The molecule has 1 aliphatic rings. The fourth-order valence-electron chi connectivity index (χ4n) is 1.35. The first kappa shape index (κ1) is 7.61. The number of nitrogens with zero attached hydrogens (tertiary/aromatic N) is 1. The monoisotopic (exact) mass is 167 g/mol. The van der Waals surface area contributed by atoms with Gasteiger partial charge >= 0.3 is 0 Å². The van der Waals surface area contributed by atoms with E-state index in [0.29, 0.717) is 19.0 Å². The van der Waals surface area contributed by atoms with Gasteiger partial charge in [0.2, 0.25) is 0 Å². The minimum atomic E-state index is 0.0438. The van der Waals surface area contributed by atoms with Crippen LogP contribution < -0.4 is 11.3 Å². The lowest BCUT2D eigenvalue weighted by Gasteiger charge is -1.97. The van der Waals surface area contributed by atoms with E-state index in [1.54, 1.807) is 10.7 Å². The van der Waals surface area contributed by atoms with Gasteiger partial charge in [0.05, 0.1) is 6.54 Å². The van der Waals surface area contributed by atoms with Gasteiger partial charge in [0, 0.05) is 24.2 Å². The summed E-state index contributed by atoms with van der Waals surface area (Å²) >= 11 is 0. The lowest BCUT2D eigenvalue weighted by Crippen LogP contribution is -2.20. The minimum Gasteiger partial charge on any atom is -0.329 e. The second-order valence-corrected chi connectivity index (χ2v) is 3.26. The summed E-state index contributed by atoms with van der Waals surface area (Å²) in [5.74, 6) is 0.608. The molecular formula is C8H13N3O. The van der Waals surface area contributed by atoms with Crippen LogP contribution in [0.5, 0.6) is 0 Å². The van der Waals surface area contributed by atoms with E-state index in [9.17, 15) is 4.79 Å². The van der Waals surface area contributed by atoms with Gasteiger partial charge in [-0.05, 0) is 12.8 Å². The first-order valence-corrected chi connectivity index (χ1v) is 4.31. The molecule has 0 spiro atoms. The number of H-pyrrole nitrogens is 1. The van der Waals surface area contributed by atoms with Crippen molar-refractivity contribution in [1.82, 2.24) is 9.78 Å². The molecule has 4 heteroatoms. The van der Waals surface area contributed by atoms with Gasteiger partial charge in [0.15, 0.2) is 0 Å². The molecule has 1 aliphatic carbocycles. The number of rotatable bonds is 3. The second kappa shape index (κ2) is 2.79. The molecule has 66 valence electrons. The number of nitrogens with one attached hydrogen (secondary N) is 1. The number of hydrogen-bond donors (Lipinski definition) is 2. The van der Waals surface area contributed by atoms with Crippen LogP contribution in [0.3, 0.4) is 0 Å². The lowest BCUT2D eigenvalue weighted by atomic mass is 10.3. The van der Waals surface area contributed by atoms with Gasteiger partial charge in [-0.15, -0.1) is 0 Å². The molecule has 12 heavy (non-hydrogen) atoms. The van der Waals surface area contributed by atoms with Crippen LogP contribution in [0, 0.1) is 0 Å². The van der Waals surface area contributed by atoms with Crippen LogP contribution in [-0.2, 0) is 6.54 Å². The molecule has 4 nitrogen and oxygen atoms in total. The van der Waals surface area contributed by atoms with Crippen LogP contribution in [0.1, 0.15) is 24.5 Å². The Labute approximate surface area is 70.4 Å². The van der Waals surface area contributed by atoms with Crippen LogP contribution in [-0.4, -0.2) is 16.3 Å². The van der Waals surface area contributed by atoms with Crippen LogP contribution in [0.4, 0.5) is 0 Å². The van der Waals surface area contributed by atoms with E-state index in [2.05, 4.69) is 5.10 Å².